The van der Waals surface area contributed by atoms with E-state index >= 15 is 0 Å². The summed E-state index contributed by atoms with van der Waals surface area (Å²) in [5.74, 6) is -0.00609. The van der Waals surface area contributed by atoms with Gasteiger partial charge in [-0.2, -0.15) is 13.2 Å². The van der Waals surface area contributed by atoms with E-state index in [-0.39, 0.29) is 18.6 Å². The summed E-state index contributed by atoms with van der Waals surface area (Å²) in [6.07, 6.45) is -1.63. The van der Waals surface area contributed by atoms with E-state index in [1.165, 1.54) is 7.11 Å². The van der Waals surface area contributed by atoms with Gasteiger partial charge in [0.2, 0.25) is 0 Å². The Bertz CT molecular complexity index is 1140. The topological polar surface area (TPSA) is 69.4 Å². The van der Waals surface area contributed by atoms with Crippen LogP contribution in [-0.4, -0.2) is 39.4 Å². The first-order chi connectivity index (χ1) is 14.5. The molecule has 0 spiro atoms. The third-order valence-electron chi connectivity index (χ3n) is 5.49. The standard InChI is InChI=1S/C21H21ClF3N3O3/c1-11-4-12(21(23,24)25)5-17(31-10-30-3)18(11)16-6-14-15(22)9-28(19(14)27-26-16)13-7-20(2,29)8-13/h4-6,9,13,29H,7-8,10H2,1-3H3. The van der Waals surface area contributed by atoms with Crippen molar-refractivity contribution in [3.8, 4) is 17.0 Å². The highest BCUT2D eigenvalue weighted by Gasteiger charge is 2.40. The minimum absolute atomic E-state index is 0.00609. The normalized spacial score (nSPS) is 21.4. The van der Waals surface area contributed by atoms with Crippen LogP contribution in [0.3, 0.4) is 0 Å². The summed E-state index contributed by atoms with van der Waals surface area (Å²) in [4.78, 5) is 0. The van der Waals surface area contributed by atoms with Crippen LogP contribution in [0.2, 0.25) is 5.02 Å². The van der Waals surface area contributed by atoms with Crippen LogP contribution in [-0.2, 0) is 10.9 Å². The van der Waals surface area contributed by atoms with E-state index in [2.05, 4.69) is 10.2 Å². The van der Waals surface area contributed by atoms with Crippen LogP contribution in [0.4, 0.5) is 13.2 Å². The van der Waals surface area contributed by atoms with Gasteiger partial charge in [-0.05, 0) is 50.5 Å². The molecule has 2 heterocycles. The summed E-state index contributed by atoms with van der Waals surface area (Å²) < 4.78 is 52.0. The predicted octanol–water partition coefficient (Wildman–Crippen LogP) is 5.15. The van der Waals surface area contributed by atoms with Crippen molar-refractivity contribution in [2.24, 2.45) is 0 Å². The maximum absolute atomic E-state index is 13.3. The molecule has 0 aliphatic heterocycles. The molecule has 0 atom stereocenters. The number of hydrogen-bond acceptors (Lipinski definition) is 5. The molecular formula is C21H21ClF3N3O3. The zero-order valence-corrected chi connectivity index (χ0v) is 17.9. The highest BCUT2D eigenvalue weighted by molar-refractivity contribution is 6.35. The van der Waals surface area contributed by atoms with Crippen molar-refractivity contribution in [1.29, 1.82) is 0 Å². The Morgan fingerprint density at radius 1 is 1.26 bits per heavy atom. The first-order valence-corrected chi connectivity index (χ1v) is 9.98. The van der Waals surface area contributed by atoms with Crippen LogP contribution in [0, 0.1) is 6.92 Å². The first kappa shape index (κ1) is 21.9. The largest absolute Gasteiger partial charge is 0.467 e. The molecule has 166 valence electrons. The van der Waals surface area contributed by atoms with Crippen molar-refractivity contribution in [1.82, 2.24) is 14.8 Å². The number of fused-ring (bicyclic) bond motifs is 1. The Morgan fingerprint density at radius 2 is 1.97 bits per heavy atom. The number of aliphatic hydroxyl groups is 1. The van der Waals surface area contributed by atoms with Crippen molar-refractivity contribution < 1.29 is 27.8 Å². The van der Waals surface area contributed by atoms with E-state index < -0.39 is 17.3 Å². The number of hydrogen-bond donors (Lipinski definition) is 1. The summed E-state index contributed by atoms with van der Waals surface area (Å²) >= 11 is 6.43. The van der Waals surface area contributed by atoms with Gasteiger partial charge in [0.25, 0.3) is 0 Å². The molecule has 10 heteroatoms. The summed E-state index contributed by atoms with van der Waals surface area (Å²) in [5, 5.41) is 19.7. The number of ether oxygens (including phenoxy) is 2. The maximum Gasteiger partial charge on any atom is 0.416 e. The fourth-order valence-corrected chi connectivity index (χ4v) is 4.28. The molecule has 1 aliphatic rings. The lowest BCUT2D eigenvalue weighted by molar-refractivity contribution is -0.137. The van der Waals surface area contributed by atoms with Crippen molar-refractivity contribution in [2.75, 3.05) is 13.9 Å². The Kier molecular flexibility index (Phi) is 5.39. The van der Waals surface area contributed by atoms with Gasteiger partial charge < -0.3 is 19.1 Å². The molecule has 0 radical (unpaired) electrons. The third kappa shape index (κ3) is 4.09. The molecule has 6 nitrogen and oxygen atoms in total. The minimum atomic E-state index is -4.52. The number of alkyl halides is 3. The molecule has 2 aromatic heterocycles. The average molecular weight is 456 g/mol. The number of halogens is 4. The van der Waals surface area contributed by atoms with Crippen LogP contribution in [0.15, 0.2) is 24.4 Å². The summed E-state index contributed by atoms with van der Waals surface area (Å²) in [5.41, 5.74) is 0.0693. The number of aromatic nitrogens is 3. The van der Waals surface area contributed by atoms with Crippen molar-refractivity contribution in [3.05, 3.63) is 40.5 Å². The Labute approximate surface area is 181 Å². The van der Waals surface area contributed by atoms with Gasteiger partial charge in [0.1, 0.15) is 5.75 Å². The highest BCUT2D eigenvalue weighted by atomic mass is 35.5. The van der Waals surface area contributed by atoms with Gasteiger partial charge in [-0.1, -0.05) is 11.6 Å². The second kappa shape index (κ2) is 7.65. The fourth-order valence-electron chi connectivity index (χ4n) is 4.04. The number of methoxy groups -OCH3 is 1. The number of nitrogens with zero attached hydrogens (tertiary/aromatic N) is 3. The van der Waals surface area contributed by atoms with Crippen LogP contribution in [0.1, 0.15) is 36.9 Å². The van der Waals surface area contributed by atoms with Gasteiger partial charge in [0, 0.05) is 30.3 Å². The Balaban J connectivity index is 1.80. The molecule has 31 heavy (non-hydrogen) atoms. The molecule has 0 amide bonds. The molecule has 0 bridgehead atoms. The summed E-state index contributed by atoms with van der Waals surface area (Å²) in [7, 11) is 1.38. The van der Waals surface area contributed by atoms with Gasteiger partial charge in [0.05, 0.1) is 21.9 Å². The van der Waals surface area contributed by atoms with E-state index in [1.54, 1.807) is 26.1 Å². The molecule has 0 unspecified atom stereocenters. The van der Waals surface area contributed by atoms with Gasteiger partial charge in [-0.25, -0.2) is 0 Å². The maximum atomic E-state index is 13.3. The monoisotopic (exact) mass is 455 g/mol. The SMILES string of the molecule is COCOc1cc(C(F)(F)F)cc(C)c1-c1cc2c(Cl)cn(C3CC(C)(O)C3)c2nn1. The fraction of sp³-hybridized carbons (Fsp3) is 0.429. The van der Waals surface area contributed by atoms with Gasteiger partial charge in [-0.15, -0.1) is 10.2 Å². The second-order valence-electron chi connectivity index (χ2n) is 8.13. The van der Waals surface area contributed by atoms with E-state index in [1.807, 2.05) is 4.57 Å². The molecule has 4 rings (SSSR count). The van der Waals surface area contributed by atoms with E-state index in [9.17, 15) is 18.3 Å². The summed E-state index contributed by atoms with van der Waals surface area (Å²) in [6.45, 7) is 3.11. The molecular weight excluding hydrogens is 435 g/mol. The quantitative estimate of drug-likeness (QED) is 0.539. The van der Waals surface area contributed by atoms with Crippen LogP contribution in [0.5, 0.6) is 5.75 Å². The minimum Gasteiger partial charge on any atom is -0.467 e. The van der Waals surface area contributed by atoms with Gasteiger partial charge >= 0.3 is 6.18 Å². The number of benzene rings is 1. The summed E-state index contributed by atoms with van der Waals surface area (Å²) in [6, 6.07) is 3.71. The van der Waals surface area contributed by atoms with Crippen molar-refractivity contribution >= 4 is 22.6 Å². The molecule has 1 fully saturated rings. The van der Waals surface area contributed by atoms with Crippen molar-refractivity contribution in [2.45, 2.75) is 44.5 Å². The lowest BCUT2D eigenvalue weighted by Crippen LogP contribution is -2.41. The first-order valence-electron chi connectivity index (χ1n) is 9.60. The average Bonchev–Trinajstić information content (AvgIpc) is 2.99. The number of aryl methyl sites for hydroxylation is 1. The molecule has 0 saturated heterocycles. The zero-order valence-electron chi connectivity index (χ0n) is 17.1. The lowest BCUT2D eigenvalue weighted by atomic mass is 9.77. The molecule has 1 saturated carbocycles. The number of rotatable bonds is 5. The van der Waals surface area contributed by atoms with Crippen LogP contribution in [0.25, 0.3) is 22.3 Å². The lowest BCUT2D eigenvalue weighted by Gasteiger charge is -2.41. The van der Waals surface area contributed by atoms with Gasteiger partial charge in [0.15, 0.2) is 12.4 Å². The Morgan fingerprint density at radius 3 is 2.58 bits per heavy atom. The molecule has 1 aliphatic carbocycles. The molecule has 3 aromatic rings. The van der Waals surface area contributed by atoms with E-state index in [0.717, 1.165) is 12.1 Å². The molecule has 1 N–H and O–H groups in total. The van der Waals surface area contributed by atoms with Gasteiger partial charge in [-0.3, -0.25) is 0 Å². The predicted molar refractivity (Wildman–Crippen MR) is 109 cm³/mol. The highest BCUT2D eigenvalue weighted by Crippen LogP contribution is 2.44. The third-order valence-corrected chi connectivity index (χ3v) is 5.79. The zero-order chi connectivity index (χ0) is 22.6. The van der Waals surface area contributed by atoms with Crippen molar-refractivity contribution in [3.63, 3.8) is 0 Å². The smallest absolute Gasteiger partial charge is 0.416 e. The van der Waals surface area contributed by atoms with E-state index in [4.69, 9.17) is 21.1 Å². The van der Waals surface area contributed by atoms with Crippen LogP contribution < -0.4 is 4.74 Å². The van der Waals surface area contributed by atoms with Crippen LogP contribution >= 0.6 is 11.6 Å². The van der Waals surface area contributed by atoms with E-state index in [0.29, 0.717) is 45.7 Å². The Hall–Kier alpha value is -2.36. The second-order valence-corrected chi connectivity index (χ2v) is 8.53. The molecule has 1 aromatic carbocycles.